The van der Waals surface area contributed by atoms with Gasteiger partial charge in [-0.2, -0.15) is 0 Å². The topological polar surface area (TPSA) is 114 Å². The first-order chi connectivity index (χ1) is 18.6. The number of hydrogen-bond donors (Lipinski definition) is 2. The summed E-state index contributed by atoms with van der Waals surface area (Å²) in [5, 5.41) is 5.02. The molecule has 5 amide bonds. The summed E-state index contributed by atoms with van der Waals surface area (Å²) in [7, 11) is 1.50. The van der Waals surface area contributed by atoms with Gasteiger partial charge in [-0.25, -0.2) is 9.69 Å². The van der Waals surface area contributed by atoms with Crippen LogP contribution in [0.2, 0.25) is 0 Å². The van der Waals surface area contributed by atoms with Gasteiger partial charge < -0.3 is 14.8 Å². The molecule has 1 aliphatic rings. The Morgan fingerprint density at radius 2 is 1.74 bits per heavy atom. The Bertz CT molecular complexity index is 1520. The number of hydrogen-bond acceptors (Lipinski definition) is 6. The third-order valence-electron chi connectivity index (χ3n) is 5.78. The van der Waals surface area contributed by atoms with Crippen molar-refractivity contribution in [3.05, 3.63) is 85.8 Å². The third-order valence-corrected chi connectivity index (χ3v) is 6.83. The molecule has 1 heterocycles. The molecule has 1 saturated heterocycles. The number of aryl methyl sites for hydroxylation is 2. The minimum absolute atomic E-state index is 0.232. The van der Waals surface area contributed by atoms with Gasteiger partial charge in [-0.05, 0) is 89.4 Å². The smallest absolute Gasteiger partial charge is 0.335 e. The molecule has 1 aliphatic heterocycles. The van der Waals surface area contributed by atoms with Crippen LogP contribution in [-0.4, -0.2) is 37.5 Å². The molecule has 0 spiro atoms. The average Bonchev–Trinajstić information content (AvgIpc) is 2.88. The number of benzene rings is 3. The minimum atomic E-state index is -0.873. The minimum Gasteiger partial charge on any atom is -0.497 e. The zero-order valence-electron chi connectivity index (χ0n) is 21.1. The molecule has 0 saturated carbocycles. The molecule has 0 aromatic heterocycles. The van der Waals surface area contributed by atoms with Crippen LogP contribution in [0.25, 0.3) is 6.08 Å². The van der Waals surface area contributed by atoms with E-state index >= 15 is 0 Å². The summed E-state index contributed by atoms with van der Waals surface area (Å²) in [5.74, 6) is -1.29. The number of ether oxygens (including phenoxy) is 2. The van der Waals surface area contributed by atoms with Crippen molar-refractivity contribution in [1.82, 2.24) is 5.32 Å². The number of barbiturate groups is 1. The van der Waals surface area contributed by atoms with Crippen LogP contribution in [0.3, 0.4) is 0 Å². The van der Waals surface area contributed by atoms with Gasteiger partial charge in [-0.1, -0.05) is 28.1 Å². The van der Waals surface area contributed by atoms with Gasteiger partial charge in [0.05, 0.1) is 17.3 Å². The van der Waals surface area contributed by atoms with Crippen molar-refractivity contribution in [3.8, 4) is 11.5 Å². The molecule has 0 bridgehead atoms. The number of amides is 5. The molecule has 0 atom stereocenters. The highest BCUT2D eigenvalue weighted by molar-refractivity contribution is 9.11. The number of nitrogens with zero attached hydrogens (tertiary/aromatic N) is 1. The van der Waals surface area contributed by atoms with Crippen molar-refractivity contribution in [2.75, 3.05) is 23.9 Å². The molecule has 200 valence electrons. The van der Waals surface area contributed by atoms with Gasteiger partial charge in [-0.15, -0.1) is 0 Å². The quantitative estimate of drug-likeness (QED) is 0.256. The molecule has 11 heteroatoms. The Hall–Kier alpha value is -3.96. The number of anilines is 2. The molecule has 39 heavy (non-hydrogen) atoms. The van der Waals surface area contributed by atoms with Gasteiger partial charge in [0.1, 0.15) is 17.1 Å². The highest BCUT2D eigenvalue weighted by atomic mass is 79.9. The summed E-state index contributed by atoms with van der Waals surface area (Å²) >= 11 is 6.82. The summed E-state index contributed by atoms with van der Waals surface area (Å²) in [5.41, 5.74) is 2.87. The van der Waals surface area contributed by atoms with Crippen LogP contribution < -0.4 is 25.0 Å². The van der Waals surface area contributed by atoms with Gasteiger partial charge in [0, 0.05) is 15.7 Å². The van der Waals surface area contributed by atoms with E-state index in [0.29, 0.717) is 25.9 Å². The summed E-state index contributed by atoms with van der Waals surface area (Å²) in [4.78, 5) is 52.1. The Labute approximate surface area is 241 Å². The maximum Gasteiger partial charge on any atom is 0.335 e. The number of halogens is 2. The summed E-state index contributed by atoms with van der Waals surface area (Å²) < 4.78 is 12.1. The Morgan fingerprint density at radius 1 is 1.03 bits per heavy atom. The molecule has 0 aliphatic carbocycles. The Balaban J connectivity index is 1.62. The van der Waals surface area contributed by atoms with Gasteiger partial charge in [0.15, 0.2) is 6.61 Å². The average molecular weight is 657 g/mol. The first-order valence-electron chi connectivity index (χ1n) is 11.6. The summed E-state index contributed by atoms with van der Waals surface area (Å²) in [6, 6.07) is 14.4. The third kappa shape index (κ3) is 6.37. The SMILES string of the molecule is COc1ccc(N2C(=O)NC(=O)/C(=C\c3cc(Br)cc(Br)c3OCC(=O)Nc3cc(C)ccc3C)C2=O)cc1. The molecule has 1 fully saturated rings. The predicted octanol–water partition coefficient (Wildman–Crippen LogP) is 5.52. The number of nitrogens with one attached hydrogen (secondary N) is 2. The van der Waals surface area contributed by atoms with Gasteiger partial charge in [0.2, 0.25) is 0 Å². The van der Waals surface area contributed by atoms with Crippen molar-refractivity contribution in [1.29, 1.82) is 0 Å². The lowest BCUT2D eigenvalue weighted by molar-refractivity contribution is -0.122. The normalized spacial score (nSPS) is 14.3. The number of carbonyl (C=O) groups excluding carboxylic acids is 4. The van der Waals surface area contributed by atoms with Gasteiger partial charge >= 0.3 is 6.03 Å². The molecule has 2 N–H and O–H groups in total. The molecule has 4 rings (SSSR count). The van der Waals surface area contributed by atoms with Crippen LogP contribution >= 0.6 is 31.9 Å². The molecule has 0 unspecified atom stereocenters. The van der Waals surface area contributed by atoms with Crippen LogP contribution in [0.15, 0.2) is 69.1 Å². The molecule has 0 radical (unpaired) electrons. The number of methoxy groups -OCH3 is 1. The van der Waals surface area contributed by atoms with Crippen LogP contribution in [0.4, 0.5) is 16.2 Å². The lowest BCUT2D eigenvalue weighted by atomic mass is 10.1. The molecule has 9 nitrogen and oxygen atoms in total. The fraction of sp³-hybridized carbons (Fsp3) is 0.143. The van der Waals surface area contributed by atoms with Gasteiger partial charge in [0.25, 0.3) is 17.7 Å². The van der Waals surface area contributed by atoms with Crippen molar-refractivity contribution in [2.45, 2.75) is 13.8 Å². The monoisotopic (exact) mass is 655 g/mol. The van der Waals surface area contributed by atoms with Crippen molar-refractivity contribution in [3.63, 3.8) is 0 Å². The van der Waals surface area contributed by atoms with Crippen molar-refractivity contribution >= 4 is 73.1 Å². The van der Waals surface area contributed by atoms with Crippen LogP contribution in [0.5, 0.6) is 11.5 Å². The first kappa shape index (κ1) is 28.1. The van der Waals surface area contributed by atoms with E-state index in [4.69, 9.17) is 9.47 Å². The second kappa shape index (κ2) is 11.8. The van der Waals surface area contributed by atoms with E-state index in [9.17, 15) is 19.2 Å². The van der Waals surface area contributed by atoms with E-state index in [1.165, 1.54) is 25.3 Å². The molecular weight excluding hydrogens is 634 g/mol. The highest BCUT2D eigenvalue weighted by Crippen LogP contribution is 2.35. The number of rotatable bonds is 7. The Kier molecular flexibility index (Phi) is 8.51. The summed E-state index contributed by atoms with van der Waals surface area (Å²) in [6.45, 7) is 3.48. The lowest BCUT2D eigenvalue weighted by Crippen LogP contribution is -2.54. The maximum absolute atomic E-state index is 13.3. The maximum atomic E-state index is 13.3. The van der Waals surface area contributed by atoms with E-state index in [1.807, 2.05) is 32.0 Å². The zero-order valence-corrected chi connectivity index (χ0v) is 24.3. The van der Waals surface area contributed by atoms with E-state index in [0.717, 1.165) is 16.0 Å². The molecule has 3 aromatic rings. The van der Waals surface area contributed by atoms with Crippen molar-refractivity contribution < 1.29 is 28.7 Å². The van der Waals surface area contributed by atoms with Crippen LogP contribution in [0.1, 0.15) is 16.7 Å². The zero-order chi connectivity index (χ0) is 28.3. The second-order valence-electron chi connectivity index (χ2n) is 8.62. The van der Waals surface area contributed by atoms with E-state index in [-0.39, 0.29) is 29.5 Å². The number of imide groups is 2. The van der Waals surface area contributed by atoms with E-state index in [2.05, 4.69) is 42.5 Å². The summed E-state index contributed by atoms with van der Waals surface area (Å²) in [6.07, 6.45) is 1.31. The second-order valence-corrected chi connectivity index (χ2v) is 10.4. The number of carbonyl (C=O) groups is 4. The van der Waals surface area contributed by atoms with E-state index < -0.39 is 17.8 Å². The van der Waals surface area contributed by atoms with Crippen LogP contribution in [-0.2, 0) is 14.4 Å². The Morgan fingerprint density at radius 3 is 2.44 bits per heavy atom. The van der Waals surface area contributed by atoms with Gasteiger partial charge in [-0.3, -0.25) is 19.7 Å². The largest absolute Gasteiger partial charge is 0.497 e. The fourth-order valence-corrected chi connectivity index (χ4v) is 5.19. The molecule has 3 aromatic carbocycles. The van der Waals surface area contributed by atoms with Crippen LogP contribution in [0, 0.1) is 13.8 Å². The highest BCUT2D eigenvalue weighted by Gasteiger charge is 2.37. The fourth-order valence-electron chi connectivity index (χ4n) is 3.81. The van der Waals surface area contributed by atoms with Crippen molar-refractivity contribution in [2.24, 2.45) is 0 Å². The molecular formula is C28H23Br2N3O6. The predicted molar refractivity (Wildman–Crippen MR) is 154 cm³/mol. The first-order valence-corrected chi connectivity index (χ1v) is 13.2. The number of urea groups is 1. The standard InChI is InChI=1S/C28H23Br2N3O6/c1-15-4-5-16(2)23(10-15)31-24(34)14-39-25-17(11-18(29)13-22(25)30)12-21-26(35)32-28(37)33(27(21)36)19-6-8-20(38-3)9-7-19/h4-13H,14H2,1-3H3,(H,31,34)(H,32,35,37)/b21-12+. The lowest BCUT2D eigenvalue weighted by Gasteiger charge is -2.26. The van der Waals surface area contributed by atoms with E-state index in [1.54, 1.807) is 24.3 Å².